The number of esters is 1. The predicted molar refractivity (Wildman–Crippen MR) is 57.0 cm³/mol. The maximum atomic E-state index is 11.0. The summed E-state index contributed by atoms with van der Waals surface area (Å²) in [6.07, 6.45) is 3.24. The number of hydrogen-bond acceptors (Lipinski definition) is 4. The molecule has 0 bridgehead atoms. The number of ether oxygens (including phenoxy) is 1. The van der Waals surface area contributed by atoms with Crippen molar-refractivity contribution >= 4 is 17.7 Å². The Balaban J connectivity index is 3.26. The minimum absolute atomic E-state index is 0.0423. The lowest BCUT2D eigenvalue weighted by atomic mass is 10.2. The van der Waals surface area contributed by atoms with Gasteiger partial charge in [0.15, 0.2) is 0 Å². The van der Waals surface area contributed by atoms with Gasteiger partial charge in [0.25, 0.3) is 0 Å². The first-order valence-corrected chi connectivity index (χ1v) is 5.89. The van der Waals surface area contributed by atoms with E-state index in [0.717, 1.165) is 13.0 Å². The zero-order chi connectivity index (χ0) is 10.1. The molecular formula is C9H19NO2S. The van der Waals surface area contributed by atoms with Crippen LogP contribution in [0.25, 0.3) is 0 Å². The lowest BCUT2D eigenvalue weighted by Gasteiger charge is -2.09. The van der Waals surface area contributed by atoms with Crippen LogP contribution in [0, 0.1) is 5.92 Å². The minimum atomic E-state index is -0.141. The molecule has 0 saturated heterocycles. The maximum absolute atomic E-state index is 11.0. The molecule has 0 heterocycles. The van der Waals surface area contributed by atoms with Crippen molar-refractivity contribution in [1.29, 1.82) is 0 Å². The van der Waals surface area contributed by atoms with Gasteiger partial charge >= 0.3 is 5.97 Å². The summed E-state index contributed by atoms with van der Waals surface area (Å²) in [5.41, 5.74) is 0. The second-order valence-electron chi connectivity index (χ2n) is 2.97. The summed E-state index contributed by atoms with van der Waals surface area (Å²) >= 11 is 1.84. The standard InChI is InChI=1S/C9H19NO2S/c1-8(9(11)12-2)7-10-5-4-6-13-3/h8,10H,4-7H2,1-3H3. The van der Waals surface area contributed by atoms with Crippen LogP contribution in [0.1, 0.15) is 13.3 Å². The third-order valence-electron chi connectivity index (χ3n) is 1.76. The van der Waals surface area contributed by atoms with Crippen molar-refractivity contribution in [2.45, 2.75) is 13.3 Å². The largest absolute Gasteiger partial charge is 0.469 e. The van der Waals surface area contributed by atoms with Crippen molar-refractivity contribution in [2.75, 3.05) is 32.2 Å². The molecule has 0 aliphatic heterocycles. The van der Waals surface area contributed by atoms with E-state index in [1.807, 2.05) is 18.7 Å². The van der Waals surface area contributed by atoms with Crippen molar-refractivity contribution < 1.29 is 9.53 Å². The summed E-state index contributed by atoms with van der Waals surface area (Å²) < 4.78 is 4.61. The number of methoxy groups -OCH3 is 1. The summed E-state index contributed by atoms with van der Waals surface area (Å²) in [5.74, 6) is 0.983. The molecule has 1 N–H and O–H groups in total. The zero-order valence-electron chi connectivity index (χ0n) is 8.63. The fourth-order valence-corrected chi connectivity index (χ4v) is 1.38. The maximum Gasteiger partial charge on any atom is 0.309 e. The molecule has 0 aromatic heterocycles. The smallest absolute Gasteiger partial charge is 0.309 e. The molecule has 0 radical (unpaired) electrons. The van der Waals surface area contributed by atoms with Crippen LogP contribution < -0.4 is 5.32 Å². The Hall–Kier alpha value is -0.220. The monoisotopic (exact) mass is 205 g/mol. The van der Waals surface area contributed by atoms with Crippen LogP contribution in [0.2, 0.25) is 0 Å². The van der Waals surface area contributed by atoms with Gasteiger partial charge in [-0.1, -0.05) is 6.92 Å². The van der Waals surface area contributed by atoms with Crippen LogP contribution in [0.5, 0.6) is 0 Å². The Morgan fingerprint density at radius 1 is 1.62 bits per heavy atom. The molecular weight excluding hydrogens is 186 g/mol. The molecule has 0 aromatic rings. The van der Waals surface area contributed by atoms with Gasteiger partial charge in [0.2, 0.25) is 0 Å². The molecule has 0 rings (SSSR count). The van der Waals surface area contributed by atoms with E-state index in [0.29, 0.717) is 6.54 Å². The number of carbonyl (C=O) groups is 1. The van der Waals surface area contributed by atoms with Gasteiger partial charge in [-0.15, -0.1) is 0 Å². The van der Waals surface area contributed by atoms with Crippen molar-refractivity contribution in [1.82, 2.24) is 5.32 Å². The molecule has 0 spiro atoms. The number of nitrogens with one attached hydrogen (secondary N) is 1. The van der Waals surface area contributed by atoms with E-state index in [1.165, 1.54) is 12.9 Å². The second-order valence-corrected chi connectivity index (χ2v) is 3.96. The summed E-state index contributed by atoms with van der Waals surface area (Å²) in [5, 5.41) is 3.22. The Morgan fingerprint density at radius 3 is 2.85 bits per heavy atom. The molecule has 1 atom stereocenters. The molecule has 0 saturated carbocycles. The highest BCUT2D eigenvalue weighted by Crippen LogP contribution is 1.96. The molecule has 1 unspecified atom stereocenters. The second kappa shape index (κ2) is 8.38. The van der Waals surface area contributed by atoms with Crippen LogP contribution in [0.3, 0.4) is 0 Å². The normalized spacial score (nSPS) is 12.5. The van der Waals surface area contributed by atoms with Gasteiger partial charge in [-0.2, -0.15) is 11.8 Å². The first kappa shape index (κ1) is 12.8. The molecule has 0 fully saturated rings. The lowest BCUT2D eigenvalue weighted by molar-refractivity contribution is -0.144. The predicted octanol–water partition coefficient (Wildman–Crippen LogP) is 1.14. The van der Waals surface area contributed by atoms with Crippen molar-refractivity contribution in [2.24, 2.45) is 5.92 Å². The number of carbonyl (C=O) groups excluding carboxylic acids is 1. The SMILES string of the molecule is COC(=O)C(C)CNCCCSC. The fourth-order valence-electron chi connectivity index (χ4n) is 0.945. The Morgan fingerprint density at radius 2 is 2.31 bits per heavy atom. The Kier molecular flexibility index (Phi) is 8.24. The highest BCUT2D eigenvalue weighted by Gasteiger charge is 2.11. The third-order valence-corrected chi connectivity index (χ3v) is 2.45. The fraction of sp³-hybridized carbons (Fsp3) is 0.889. The van der Waals surface area contributed by atoms with Gasteiger partial charge in [0, 0.05) is 6.54 Å². The van der Waals surface area contributed by atoms with Gasteiger partial charge in [-0.05, 0) is 25.0 Å². The van der Waals surface area contributed by atoms with Crippen LogP contribution in [0.4, 0.5) is 0 Å². The van der Waals surface area contributed by atoms with E-state index in [-0.39, 0.29) is 11.9 Å². The molecule has 4 heteroatoms. The van der Waals surface area contributed by atoms with E-state index in [1.54, 1.807) is 0 Å². The van der Waals surface area contributed by atoms with E-state index in [2.05, 4.69) is 16.3 Å². The molecule has 3 nitrogen and oxygen atoms in total. The van der Waals surface area contributed by atoms with Crippen LogP contribution >= 0.6 is 11.8 Å². The van der Waals surface area contributed by atoms with Gasteiger partial charge in [-0.25, -0.2) is 0 Å². The van der Waals surface area contributed by atoms with Gasteiger partial charge in [0.1, 0.15) is 0 Å². The Labute approximate surface area is 84.6 Å². The Bertz CT molecular complexity index is 142. The number of thioether (sulfide) groups is 1. The first-order chi connectivity index (χ1) is 6.22. The summed E-state index contributed by atoms with van der Waals surface area (Å²) in [6.45, 7) is 3.55. The average molecular weight is 205 g/mol. The molecule has 0 aliphatic carbocycles. The van der Waals surface area contributed by atoms with Gasteiger partial charge < -0.3 is 10.1 Å². The minimum Gasteiger partial charge on any atom is -0.469 e. The van der Waals surface area contributed by atoms with Crippen molar-refractivity contribution in [3.05, 3.63) is 0 Å². The summed E-state index contributed by atoms with van der Waals surface area (Å²) in [4.78, 5) is 11.0. The third kappa shape index (κ3) is 6.90. The molecule has 78 valence electrons. The van der Waals surface area contributed by atoms with Crippen molar-refractivity contribution in [3.63, 3.8) is 0 Å². The summed E-state index contributed by atoms with van der Waals surface area (Å²) in [7, 11) is 1.42. The average Bonchev–Trinajstić information content (AvgIpc) is 2.16. The van der Waals surface area contributed by atoms with Crippen LogP contribution in [0.15, 0.2) is 0 Å². The highest BCUT2D eigenvalue weighted by atomic mass is 32.2. The first-order valence-electron chi connectivity index (χ1n) is 4.49. The summed E-state index contributed by atoms with van der Waals surface area (Å²) in [6, 6.07) is 0. The molecule has 0 aliphatic rings. The number of rotatable bonds is 7. The van der Waals surface area contributed by atoms with Crippen molar-refractivity contribution in [3.8, 4) is 0 Å². The molecule has 0 aromatic carbocycles. The van der Waals surface area contributed by atoms with Gasteiger partial charge in [-0.3, -0.25) is 4.79 Å². The quantitative estimate of drug-likeness (QED) is 0.499. The molecule has 0 amide bonds. The molecule has 13 heavy (non-hydrogen) atoms. The van der Waals surface area contributed by atoms with Gasteiger partial charge in [0.05, 0.1) is 13.0 Å². The highest BCUT2D eigenvalue weighted by molar-refractivity contribution is 7.98. The lowest BCUT2D eigenvalue weighted by Crippen LogP contribution is -2.28. The van der Waals surface area contributed by atoms with Crippen LogP contribution in [-0.2, 0) is 9.53 Å². The van der Waals surface area contributed by atoms with Crippen LogP contribution in [-0.4, -0.2) is 38.2 Å². The van der Waals surface area contributed by atoms with E-state index in [9.17, 15) is 4.79 Å². The zero-order valence-corrected chi connectivity index (χ0v) is 9.45. The van der Waals surface area contributed by atoms with E-state index >= 15 is 0 Å². The topological polar surface area (TPSA) is 38.3 Å². The van der Waals surface area contributed by atoms with E-state index < -0.39 is 0 Å². The van der Waals surface area contributed by atoms with E-state index in [4.69, 9.17) is 0 Å². The number of hydrogen-bond donors (Lipinski definition) is 1.